The van der Waals surface area contributed by atoms with Crippen molar-refractivity contribution in [3.63, 3.8) is 0 Å². The lowest BCUT2D eigenvalue weighted by Crippen LogP contribution is -2.39. The van der Waals surface area contributed by atoms with Crippen molar-refractivity contribution in [3.05, 3.63) is 53.3 Å². The topological polar surface area (TPSA) is 40.5 Å². The molecule has 1 heterocycles. The van der Waals surface area contributed by atoms with Crippen molar-refractivity contribution >= 4 is 11.7 Å². The lowest BCUT2D eigenvalue weighted by atomic mass is 9.93. The van der Waals surface area contributed by atoms with Gasteiger partial charge in [-0.25, -0.2) is 18.0 Å². The number of halogens is 3. The summed E-state index contributed by atoms with van der Waals surface area (Å²) >= 11 is 0. The number of alkyl halides is 2. The second-order valence-electron chi connectivity index (χ2n) is 6.29. The molecule has 0 aromatic heterocycles. The number of carboxylic acid groups (broad SMARTS) is 1. The van der Waals surface area contributed by atoms with Gasteiger partial charge < -0.3 is 10.0 Å². The summed E-state index contributed by atoms with van der Waals surface area (Å²) in [5.74, 6) is -4.12. The predicted molar refractivity (Wildman–Crippen MR) is 89.9 cm³/mol. The molecule has 1 aliphatic heterocycles. The van der Waals surface area contributed by atoms with E-state index < -0.39 is 17.7 Å². The molecule has 0 spiro atoms. The van der Waals surface area contributed by atoms with E-state index in [0.717, 1.165) is 0 Å². The zero-order valence-electron chi connectivity index (χ0n) is 13.7. The lowest BCUT2D eigenvalue weighted by molar-refractivity contribution is -0.0220. The highest BCUT2D eigenvalue weighted by atomic mass is 19.3. The molecular weight excluding hydrogens is 331 g/mol. The van der Waals surface area contributed by atoms with E-state index in [1.807, 2.05) is 4.90 Å². The number of benzene rings is 2. The summed E-state index contributed by atoms with van der Waals surface area (Å²) in [7, 11) is 0. The monoisotopic (exact) mass is 349 g/mol. The molecule has 6 heteroatoms. The summed E-state index contributed by atoms with van der Waals surface area (Å²) in [6.07, 6.45) is -0.481. The van der Waals surface area contributed by atoms with Gasteiger partial charge in [0.2, 0.25) is 0 Å². The number of anilines is 1. The molecule has 1 aliphatic rings. The molecule has 1 N–H and O–H groups in total. The average molecular weight is 349 g/mol. The van der Waals surface area contributed by atoms with E-state index in [-0.39, 0.29) is 31.5 Å². The molecule has 2 aromatic rings. The van der Waals surface area contributed by atoms with Crippen LogP contribution in [0.1, 0.15) is 28.8 Å². The fraction of sp³-hybridized carbons (Fsp3) is 0.316. The molecule has 0 atom stereocenters. The van der Waals surface area contributed by atoms with Crippen LogP contribution in [0.3, 0.4) is 0 Å². The Morgan fingerprint density at radius 1 is 1.08 bits per heavy atom. The Balaban J connectivity index is 2.10. The Kier molecular flexibility index (Phi) is 4.45. The normalized spacial score (nSPS) is 16.7. The minimum Gasteiger partial charge on any atom is -0.478 e. The molecule has 0 unspecified atom stereocenters. The van der Waals surface area contributed by atoms with Crippen LogP contribution in [-0.4, -0.2) is 30.1 Å². The zero-order chi connectivity index (χ0) is 18.2. The van der Waals surface area contributed by atoms with Crippen LogP contribution >= 0.6 is 0 Å². The Bertz CT molecular complexity index is 793. The van der Waals surface area contributed by atoms with Gasteiger partial charge in [0.15, 0.2) is 0 Å². The number of piperidine rings is 1. The maximum absolute atomic E-state index is 13.5. The van der Waals surface area contributed by atoms with Gasteiger partial charge in [0.25, 0.3) is 5.92 Å². The van der Waals surface area contributed by atoms with Crippen molar-refractivity contribution in [2.45, 2.75) is 25.7 Å². The minimum absolute atomic E-state index is 0.144. The third kappa shape index (κ3) is 3.48. The third-order valence-electron chi connectivity index (χ3n) is 4.64. The van der Waals surface area contributed by atoms with E-state index in [1.165, 1.54) is 18.2 Å². The maximum atomic E-state index is 13.5. The van der Waals surface area contributed by atoms with Gasteiger partial charge >= 0.3 is 5.97 Å². The largest absolute Gasteiger partial charge is 0.478 e. The summed E-state index contributed by atoms with van der Waals surface area (Å²) in [5.41, 5.74) is 2.68. The zero-order valence-corrected chi connectivity index (χ0v) is 13.7. The van der Waals surface area contributed by atoms with Crippen LogP contribution in [0.4, 0.5) is 18.9 Å². The van der Waals surface area contributed by atoms with Crippen molar-refractivity contribution in [2.75, 3.05) is 18.0 Å². The fourth-order valence-corrected chi connectivity index (χ4v) is 3.25. The van der Waals surface area contributed by atoms with E-state index in [0.29, 0.717) is 22.4 Å². The molecule has 25 heavy (non-hydrogen) atoms. The second kappa shape index (κ2) is 6.43. The molecule has 1 saturated heterocycles. The van der Waals surface area contributed by atoms with E-state index in [2.05, 4.69) is 0 Å². The summed E-state index contributed by atoms with van der Waals surface area (Å²) in [6.45, 7) is 2.06. The van der Waals surface area contributed by atoms with Crippen molar-refractivity contribution in [2.24, 2.45) is 0 Å². The number of carbonyl (C=O) groups is 1. The predicted octanol–water partition coefficient (Wildman–Crippen LogP) is 4.73. The second-order valence-corrected chi connectivity index (χ2v) is 6.29. The lowest BCUT2D eigenvalue weighted by Gasteiger charge is -2.35. The Morgan fingerprint density at radius 3 is 2.24 bits per heavy atom. The van der Waals surface area contributed by atoms with Crippen LogP contribution in [-0.2, 0) is 0 Å². The molecule has 3 rings (SSSR count). The number of carboxylic acids is 1. The van der Waals surface area contributed by atoms with Crippen LogP contribution < -0.4 is 4.90 Å². The summed E-state index contributed by atoms with van der Waals surface area (Å²) in [5, 5.41) is 9.38. The molecule has 0 aliphatic carbocycles. The first-order valence-corrected chi connectivity index (χ1v) is 8.04. The highest BCUT2D eigenvalue weighted by Gasteiger charge is 2.35. The Labute approximate surface area is 143 Å². The van der Waals surface area contributed by atoms with Crippen LogP contribution in [0.15, 0.2) is 36.4 Å². The first kappa shape index (κ1) is 17.3. The average Bonchev–Trinajstić information content (AvgIpc) is 2.55. The van der Waals surface area contributed by atoms with Gasteiger partial charge in [-0.05, 0) is 42.3 Å². The van der Waals surface area contributed by atoms with E-state index in [9.17, 15) is 23.1 Å². The van der Waals surface area contributed by atoms with Crippen molar-refractivity contribution < 1.29 is 23.1 Å². The van der Waals surface area contributed by atoms with Crippen molar-refractivity contribution in [3.8, 4) is 11.1 Å². The Hall–Kier alpha value is -2.50. The maximum Gasteiger partial charge on any atom is 0.335 e. The van der Waals surface area contributed by atoms with Gasteiger partial charge in [0.1, 0.15) is 5.82 Å². The molecule has 0 bridgehead atoms. The number of hydrogen-bond acceptors (Lipinski definition) is 2. The number of aromatic carboxylic acids is 1. The van der Waals surface area contributed by atoms with Crippen LogP contribution in [0.5, 0.6) is 0 Å². The molecule has 1 fully saturated rings. The van der Waals surface area contributed by atoms with Gasteiger partial charge in [-0.1, -0.05) is 12.1 Å². The standard InChI is InChI=1S/C19H18F3NO2/c1-12-15(18(24)25)6-7-16(23-10-8-19(21,22)9-11-23)17(12)13-2-4-14(20)5-3-13/h2-7H,8-11H2,1H3,(H,24,25). The quantitative estimate of drug-likeness (QED) is 0.870. The minimum atomic E-state index is -2.66. The molecule has 2 aromatic carbocycles. The van der Waals surface area contributed by atoms with E-state index in [4.69, 9.17) is 0 Å². The van der Waals surface area contributed by atoms with Gasteiger partial charge in [-0.2, -0.15) is 0 Å². The van der Waals surface area contributed by atoms with Crippen molar-refractivity contribution in [1.82, 2.24) is 0 Å². The van der Waals surface area contributed by atoms with Gasteiger partial charge in [0.05, 0.1) is 5.56 Å². The SMILES string of the molecule is Cc1c(C(=O)O)ccc(N2CCC(F)(F)CC2)c1-c1ccc(F)cc1. The molecule has 3 nitrogen and oxygen atoms in total. The fourth-order valence-electron chi connectivity index (χ4n) is 3.25. The van der Waals surface area contributed by atoms with Gasteiger partial charge in [-0.15, -0.1) is 0 Å². The van der Waals surface area contributed by atoms with Gasteiger partial charge in [0, 0.05) is 37.2 Å². The summed E-state index contributed by atoms with van der Waals surface area (Å²) in [6, 6.07) is 8.90. The van der Waals surface area contributed by atoms with Crippen LogP contribution in [0.25, 0.3) is 11.1 Å². The molecular formula is C19H18F3NO2. The molecule has 0 radical (unpaired) electrons. The van der Waals surface area contributed by atoms with Crippen LogP contribution in [0.2, 0.25) is 0 Å². The highest BCUT2D eigenvalue weighted by molar-refractivity contribution is 5.95. The third-order valence-corrected chi connectivity index (χ3v) is 4.64. The summed E-state index contributed by atoms with van der Waals surface area (Å²) < 4.78 is 40.2. The molecule has 0 amide bonds. The van der Waals surface area contributed by atoms with Crippen molar-refractivity contribution in [1.29, 1.82) is 0 Å². The number of rotatable bonds is 3. The Morgan fingerprint density at radius 2 is 1.68 bits per heavy atom. The molecule has 0 saturated carbocycles. The first-order chi connectivity index (χ1) is 11.8. The van der Waals surface area contributed by atoms with E-state index in [1.54, 1.807) is 25.1 Å². The number of nitrogens with zero attached hydrogens (tertiary/aromatic N) is 1. The van der Waals surface area contributed by atoms with Crippen LogP contribution in [0, 0.1) is 12.7 Å². The van der Waals surface area contributed by atoms with E-state index >= 15 is 0 Å². The first-order valence-electron chi connectivity index (χ1n) is 8.04. The summed E-state index contributed by atoms with van der Waals surface area (Å²) in [4.78, 5) is 13.3. The highest BCUT2D eigenvalue weighted by Crippen LogP contribution is 2.39. The van der Waals surface area contributed by atoms with Gasteiger partial charge in [-0.3, -0.25) is 0 Å². The smallest absolute Gasteiger partial charge is 0.335 e. The molecule has 132 valence electrons. The number of hydrogen-bond donors (Lipinski definition) is 1.